The van der Waals surface area contributed by atoms with Crippen LogP contribution in [-0.2, 0) is 11.3 Å². The molecule has 0 aliphatic carbocycles. The molecule has 2 fully saturated rings. The van der Waals surface area contributed by atoms with Gasteiger partial charge in [-0.15, -0.1) is 0 Å². The van der Waals surface area contributed by atoms with Crippen molar-refractivity contribution in [1.29, 1.82) is 0 Å². The standard InChI is InChI=1S/C27H28ClFN4O4/c1-16-26(35)33(27(36)30-16)23-12-22(28)24(37-2)11-18(23)5-10-25(34)32-20-8-9-21(32)15-31(14-20)13-17-3-6-19(29)7-4-17/h3-7,10-12,20-21,35H,8-9,13-15H2,1-2H3,(H,30,36). The number of methoxy groups -OCH3 is 1. The fourth-order valence-corrected chi connectivity index (χ4v) is 5.61. The van der Waals surface area contributed by atoms with E-state index in [-0.39, 0.29) is 34.7 Å². The molecular weight excluding hydrogens is 499 g/mol. The van der Waals surface area contributed by atoms with Gasteiger partial charge in [-0.05, 0) is 55.7 Å². The summed E-state index contributed by atoms with van der Waals surface area (Å²) in [5.74, 6) is -0.218. The van der Waals surface area contributed by atoms with Crippen molar-refractivity contribution in [3.05, 3.63) is 80.6 Å². The molecule has 194 valence electrons. The molecule has 1 aromatic heterocycles. The molecule has 2 atom stereocenters. The predicted molar refractivity (Wildman–Crippen MR) is 139 cm³/mol. The number of ether oxygens (including phenoxy) is 1. The zero-order valence-corrected chi connectivity index (χ0v) is 21.3. The Hall–Kier alpha value is -3.56. The van der Waals surface area contributed by atoms with Gasteiger partial charge in [-0.2, -0.15) is 0 Å². The Morgan fingerprint density at radius 3 is 2.49 bits per heavy atom. The van der Waals surface area contributed by atoms with Gasteiger partial charge >= 0.3 is 5.69 Å². The number of carbonyl (C=O) groups is 1. The summed E-state index contributed by atoms with van der Waals surface area (Å²) in [5, 5.41) is 10.7. The summed E-state index contributed by atoms with van der Waals surface area (Å²) in [6, 6.07) is 9.87. The lowest BCUT2D eigenvalue weighted by atomic mass is 10.1. The topological polar surface area (TPSA) is 90.8 Å². The highest BCUT2D eigenvalue weighted by atomic mass is 35.5. The highest BCUT2D eigenvalue weighted by molar-refractivity contribution is 6.32. The number of rotatable bonds is 6. The number of amides is 1. The van der Waals surface area contributed by atoms with Crippen molar-refractivity contribution in [3.8, 4) is 17.3 Å². The summed E-state index contributed by atoms with van der Waals surface area (Å²) < 4.78 is 19.7. The summed E-state index contributed by atoms with van der Waals surface area (Å²) >= 11 is 6.32. The Morgan fingerprint density at radius 1 is 1.22 bits per heavy atom. The lowest BCUT2D eigenvalue weighted by Crippen LogP contribution is -2.55. The molecule has 0 saturated carbocycles. The zero-order chi connectivity index (χ0) is 26.3. The van der Waals surface area contributed by atoms with Crippen molar-refractivity contribution in [2.24, 2.45) is 0 Å². The molecular formula is C27H28ClFN4O4. The van der Waals surface area contributed by atoms with Crippen LogP contribution < -0.4 is 10.4 Å². The van der Waals surface area contributed by atoms with Crippen LogP contribution in [0.2, 0.25) is 5.02 Å². The maximum atomic E-state index is 13.3. The first-order valence-corrected chi connectivity index (χ1v) is 12.5. The van der Waals surface area contributed by atoms with Gasteiger partial charge in [-0.3, -0.25) is 9.69 Å². The molecule has 2 aliphatic rings. The molecule has 1 amide bonds. The third-order valence-electron chi connectivity index (χ3n) is 7.12. The molecule has 2 bridgehead atoms. The number of piperazine rings is 1. The summed E-state index contributed by atoms with van der Waals surface area (Å²) in [6.07, 6.45) is 4.97. The van der Waals surface area contributed by atoms with E-state index in [1.807, 2.05) is 4.90 Å². The molecule has 2 aliphatic heterocycles. The maximum Gasteiger partial charge on any atom is 0.333 e. The van der Waals surface area contributed by atoms with Crippen LogP contribution in [0.5, 0.6) is 11.6 Å². The first-order valence-electron chi connectivity index (χ1n) is 12.1. The number of imidazole rings is 1. The number of nitrogens with one attached hydrogen (secondary N) is 1. The SMILES string of the molecule is COc1cc(C=CC(=O)N2C3CCC2CN(Cc2ccc(F)cc2)C3)c(-n2c(O)c(C)[nH]c2=O)cc1Cl. The van der Waals surface area contributed by atoms with Crippen LogP contribution in [-0.4, -0.2) is 62.6 Å². The summed E-state index contributed by atoms with van der Waals surface area (Å²) in [4.78, 5) is 32.7. The number of likely N-dealkylation sites (tertiary alicyclic amines) is 1. The van der Waals surface area contributed by atoms with Gasteiger partial charge < -0.3 is 19.7 Å². The molecule has 5 rings (SSSR count). The second kappa shape index (κ2) is 10.1. The normalized spacial score (nSPS) is 19.6. The minimum atomic E-state index is -0.521. The van der Waals surface area contributed by atoms with Gasteiger partial charge in [0, 0.05) is 43.4 Å². The van der Waals surface area contributed by atoms with Gasteiger partial charge in [0.25, 0.3) is 0 Å². The lowest BCUT2D eigenvalue weighted by Gasteiger charge is -2.40. The van der Waals surface area contributed by atoms with Crippen molar-refractivity contribution in [2.45, 2.75) is 38.4 Å². The number of hydrogen-bond donors (Lipinski definition) is 2. The van der Waals surface area contributed by atoms with Crippen molar-refractivity contribution in [3.63, 3.8) is 0 Å². The Kier molecular flexibility index (Phi) is 6.83. The molecule has 10 heteroatoms. The van der Waals surface area contributed by atoms with Gasteiger partial charge in [0.15, 0.2) is 0 Å². The fourth-order valence-electron chi connectivity index (χ4n) is 5.38. The number of carbonyl (C=O) groups excluding carboxylic acids is 1. The first kappa shape index (κ1) is 25.1. The van der Waals surface area contributed by atoms with E-state index in [2.05, 4.69) is 9.88 Å². The summed E-state index contributed by atoms with van der Waals surface area (Å²) in [6.45, 7) is 3.80. The molecule has 8 nitrogen and oxygen atoms in total. The number of aromatic amines is 1. The summed E-state index contributed by atoms with van der Waals surface area (Å²) in [5.41, 5.74) is 1.66. The number of nitrogens with zero attached hydrogens (tertiary/aromatic N) is 3. The zero-order valence-electron chi connectivity index (χ0n) is 20.6. The van der Waals surface area contributed by atoms with Crippen molar-refractivity contribution in [1.82, 2.24) is 19.4 Å². The minimum Gasteiger partial charge on any atom is -0.495 e. The third-order valence-corrected chi connectivity index (χ3v) is 7.42. The van der Waals surface area contributed by atoms with Crippen LogP contribution in [0.25, 0.3) is 11.8 Å². The number of H-pyrrole nitrogens is 1. The van der Waals surface area contributed by atoms with Crippen molar-refractivity contribution in [2.75, 3.05) is 20.2 Å². The fraction of sp³-hybridized carbons (Fsp3) is 0.333. The van der Waals surface area contributed by atoms with Crippen LogP contribution in [0.1, 0.15) is 29.7 Å². The average Bonchev–Trinajstić information content (AvgIpc) is 3.29. The van der Waals surface area contributed by atoms with Crippen LogP contribution in [0.15, 0.2) is 47.3 Å². The molecule has 2 aromatic carbocycles. The van der Waals surface area contributed by atoms with Crippen LogP contribution in [0.4, 0.5) is 4.39 Å². The predicted octanol–water partition coefficient (Wildman–Crippen LogP) is 3.87. The van der Waals surface area contributed by atoms with Crippen LogP contribution in [0.3, 0.4) is 0 Å². The quantitative estimate of drug-likeness (QED) is 0.476. The number of aromatic hydroxyl groups is 1. The van der Waals surface area contributed by atoms with E-state index in [4.69, 9.17) is 16.3 Å². The van der Waals surface area contributed by atoms with Gasteiger partial charge in [0.05, 0.1) is 23.5 Å². The maximum absolute atomic E-state index is 13.3. The molecule has 2 saturated heterocycles. The first-order chi connectivity index (χ1) is 17.7. The van der Waals surface area contributed by atoms with Crippen molar-refractivity contribution < 1.29 is 19.0 Å². The van der Waals surface area contributed by atoms with Crippen molar-refractivity contribution >= 4 is 23.6 Å². The Labute approximate surface area is 218 Å². The number of fused-ring (bicyclic) bond motifs is 2. The number of aryl methyl sites for hydroxylation is 1. The molecule has 3 aromatic rings. The van der Waals surface area contributed by atoms with E-state index >= 15 is 0 Å². The van der Waals surface area contributed by atoms with Gasteiger partial charge in [-0.1, -0.05) is 23.7 Å². The van der Waals surface area contributed by atoms with Gasteiger partial charge in [-0.25, -0.2) is 13.8 Å². The second-order valence-corrected chi connectivity index (χ2v) is 9.95. The van der Waals surface area contributed by atoms with Crippen LogP contribution in [0, 0.1) is 12.7 Å². The monoisotopic (exact) mass is 526 g/mol. The third kappa shape index (κ3) is 4.89. The van der Waals surface area contributed by atoms with E-state index in [1.54, 1.807) is 31.2 Å². The molecule has 3 heterocycles. The largest absolute Gasteiger partial charge is 0.495 e. The average molecular weight is 527 g/mol. The van der Waals surface area contributed by atoms with E-state index in [0.29, 0.717) is 29.2 Å². The van der Waals surface area contributed by atoms with Gasteiger partial charge in [0.1, 0.15) is 11.6 Å². The lowest BCUT2D eigenvalue weighted by molar-refractivity contribution is -0.131. The minimum absolute atomic E-state index is 0.0922. The smallest absolute Gasteiger partial charge is 0.333 e. The highest BCUT2D eigenvalue weighted by Crippen LogP contribution is 2.34. The van der Waals surface area contributed by atoms with E-state index < -0.39 is 5.69 Å². The highest BCUT2D eigenvalue weighted by Gasteiger charge is 2.41. The summed E-state index contributed by atoms with van der Waals surface area (Å²) in [7, 11) is 1.48. The molecule has 37 heavy (non-hydrogen) atoms. The molecule has 0 radical (unpaired) electrons. The Bertz CT molecular complexity index is 1400. The number of halogens is 2. The van der Waals surface area contributed by atoms with E-state index in [1.165, 1.54) is 31.4 Å². The van der Waals surface area contributed by atoms with E-state index in [9.17, 15) is 19.1 Å². The molecule has 2 N–H and O–H groups in total. The molecule has 0 spiro atoms. The van der Waals surface area contributed by atoms with Crippen LogP contribution >= 0.6 is 11.6 Å². The van der Waals surface area contributed by atoms with Gasteiger partial charge in [0.2, 0.25) is 11.8 Å². The number of hydrogen-bond acceptors (Lipinski definition) is 5. The van der Waals surface area contributed by atoms with E-state index in [0.717, 1.165) is 36.1 Å². The number of aromatic nitrogens is 2. The second-order valence-electron chi connectivity index (χ2n) is 9.54. The Morgan fingerprint density at radius 2 is 1.89 bits per heavy atom. The Balaban J connectivity index is 1.37. The number of benzene rings is 2. The molecule has 2 unspecified atom stereocenters.